The average molecular weight is 418 g/mol. The van der Waals surface area contributed by atoms with Crippen molar-refractivity contribution in [2.75, 3.05) is 19.5 Å². The number of nitrogens with one attached hydrogen (secondary N) is 2. The third-order valence-electron chi connectivity index (χ3n) is 3.35. The fourth-order valence-corrected chi connectivity index (χ4v) is 2.45. The van der Waals surface area contributed by atoms with E-state index in [9.17, 15) is 13.2 Å². The monoisotopic (exact) mass is 417 g/mol. The summed E-state index contributed by atoms with van der Waals surface area (Å²) in [6.45, 7) is 0. The van der Waals surface area contributed by atoms with E-state index in [0.29, 0.717) is 17.1 Å². The summed E-state index contributed by atoms with van der Waals surface area (Å²) in [4.78, 5) is 0. The molecule has 0 bridgehead atoms. The molecule has 0 atom stereocenters. The van der Waals surface area contributed by atoms with E-state index in [1.807, 2.05) is 0 Å². The van der Waals surface area contributed by atoms with Crippen LogP contribution in [0.5, 0.6) is 11.5 Å². The second-order valence-corrected chi connectivity index (χ2v) is 5.91. The van der Waals surface area contributed by atoms with Gasteiger partial charge in [-0.3, -0.25) is 5.43 Å². The molecule has 0 aliphatic carbocycles. The van der Waals surface area contributed by atoms with Crippen LogP contribution in [0.15, 0.2) is 41.5 Å². The fraction of sp³-hybridized carbons (Fsp3) is 0.176. The van der Waals surface area contributed by atoms with E-state index in [2.05, 4.69) is 15.8 Å². The third kappa shape index (κ3) is 5.48. The highest BCUT2D eigenvalue weighted by molar-refractivity contribution is 7.80. The van der Waals surface area contributed by atoms with Gasteiger partial charge >= 0.3 is 6.18 Å². The van der Waals surface area contributed by atoms with Gasteiger partial charge in [0.1, 0.15) is 0 Å². The number of halogens is 4. The van der Waals surface area contributed by atoms with Crippen LogP contribution < -0.4 is 20.2 Å². The van der Waals surface area contributed by atoms with Crippen LogP contribution >= 0.6 is 23.8 Å². The summed E-state index contributed by atoms with van der Waals surface area (Å²) in [6, 6.07) is 8.11. The van der Waals surface area contributed by atoms with Crippen molar-refractivity contribution in [3.63, 3.8) is 0 Å². The van der Waals surface area contributed by atoms with Gasteiger partial charge in [-0.15, -0.1) is 0 Å². The first-order valence-electron chi connectivity index (χ1n) is 7.44. The largest absolute Gasteiger partial charge is 0.493 e. The fourth-order valence-electron chi connectivity index (χ4n) is 2.12. The molecule has 5 nitrogen and oxygen atoms in total. The van der Waals surface area contributed by atoms with Crippen LogP contribution in [0.2, 0.25) is 5.02 Å². The summed E-state index contributed by atoms with van der Waals surface area (Å²) in [5.41, 5.74) is 2.29. The lowest BCUT2D eigenvalue weighted by atomic mass is 10.2. The predicted octanol–water partition coefficient (Wildman–Crippen LogP) is 4.70. The Morgan fingerprint density at radius 3 is 2.56 bits per heavy atom. The average Bonchev–Trinajstić information content (AvgIpc) is 2.62. The van der Waals surface area contributed by atoms with E-state index in [1.165, 1.54) is 20.4 Å². The predicted molar refractivity (Wildman–Crippen MR) is 103 cm³/mol. The van der Waals surface area contributed by atoms with Gasteiger partial charge < -0.3 is 14.8 Å². The molecule has 0 aromatic heterocycles. The van der Waals surface area contributed by atoms with Gasteiger partial charge in [0.2, 0.25) is 0 Å². The summed E-state index contributed by atoms with van der Waals surface area (Å²) in [5, 5.41) is 6.58. The normalized spacial score (nSPS) is 11.3. The number of hydrogen-bond acceptors (Lipinski definition) is 4. The molecule has 0 amide bonds. The lowest BCUT2D eigenvalue weighted by Gasteiger charge is -2.12. The number of alkyl halides is 3. The zero-order chi connectivity index (χ0) is 20.0. The Kier molecular flexibility index (Phi) is 6.86. The number of nitrogens with zero attached hydrogens (tertiary/aromatic N) is 1. The Morgan fingerprint density at radius 1 is 1.19 bits per heavy atom. The Morgan fingerprint density at radius 2 is 1.93 bits per heavy atom. The molecule has 144 valence electrons. The lowest BCUT2D eigenvalue weighted by molar-refractivity contribution is -0.137. The molecule has 10 heteroatoms. The van der Waals surface area contributed by atoms with E-state index < -0.39 is 11.7 Å². The van der Waals surface area contributed by atoms with Gasteiger partial charge in [-0.1, -0.05) is 17.7 Å². The van der Waals surface area contributed by atoms with Gasteiger partial charge in [0.25, 0.3) is 0 Å². The maximum Gasteiger partial charge on any atom is 0.416 e. The van der Waals surface area contributed by atoms with Crippen molar-refractivity contribution in [2.45, 2.75) is 6.18 Å². The molecule has 27 heavy (non-hydrogen) atoms. The summed E-state index contributed by atoms with van der Waals surface area (Å²) in [5.74, 6) is 1.00. The molecule has 2 aromatic carbocycles. The van der Waals surface area contributed by atoms with Crippen molar-refractivity contribution in [2.24, 2.45) is 5.10 Å². The van der Waals surface area contributed by atoms with E-state index in [-0.39, 0.29) is 15.8 Å². The zero-order valence-electron chi connectivity index (χ0n) is 14.2. The maximum atomic E-state index is 12.8. The molecule has 0 unspecified atom stereocenters. The Labute approximate surface area is 164 Å². The van der Waals surface area contributed by atoms with Crippen LogP contribution in [0.3, 0.4) is 0 Å². The lowest BCUT2D eigenvalue weighted by Crippen LogP contribution is -2.24. The quantitative estimate of drug-likeness (QED) is 0.419. The van der Waals surface area contributed by atoms with Gasteiger partial charge in [0.05, 0.1) is 36.7 Å². The van der Waals surface area contributed by atoms with Crippen LogP contribution in [0.4, 0.5) is 18.9 Å². The first-order chi connectivity index (χ1) is 12.8. The van der Waals surface area contributed by atoms with Crippen molar-refractivity contribution in [3.05, 3.63) is 52.5 Å². The first-order valence-corrected chi connectivity index (χ1v) is 8.22. The minimum Gasteiger partial charge on any atom is -0.493 e. The highest BCUT2D eigenvalue weighted by Gasteiger charge is 2.31. The van der Waals surface area contributed by atoms with E-state index in [1.54, 1.807) is 18.2 Å². The van der Waals surface area contributed by atoms with Gasteiger partial charge in [0.15, 0.2) is 16.6 Å². The number of benzene rings is 2. The molecular weight excluding hydrogens is 403 g/mol. The van der Waals surface area contributed by atoms with Gasteiger partial charge in [-0.2, -0.15) is 18.3 Å². The van der Waals surface area contributed by atoms with Crippen molar-refractivity contribution in [1.29, 1.82) is 0 Å². The van der Waals surface area contributed by atoms with Crippen molar-refractivity contribution in [1.82, 2.24) is 5.43 Å². The Hall–Kier alpha value is -2.52. The van der Waals surface area contributed by atoms with Crippen molar-refractivity contribution < 1.29 is 22.6 Å². The maximum absolute atomic E-state index is 12.8. The summed E-state index contributed by atoms with van der Waals surface area (Å²) >= 11 is 10.9. The SMILES string of the molecule is COc1cccc(/C=N/NC(=S)Nc2cc(C(F)(F)F)ccc2Cl)c1OC. The smallest absolute Gasteiger partial charge is 0.416 e. The first kappa shape index (κ1) is 20.8. The summed E-state index contributed by atoms with van der Waals surface area (Å²) < 4.78 is 48.8. The summed E-state index contributed by atoms with van der Waals surface area (Å²) in [6.07, 6.45) is -3.06. The van der Waals surface area contributed by atoms with Crippen LogP contribution in [0, 0.1) is 0 Å². The Balaban J connectivity index is 2.08. The molecule has 2 rings (SSSR count). The third-order valence-corrected chi connectivity index (χ3v) is 3.87. The van der Waals surface area contributed by atoms with Crippen molar-refractivity contribution in [3.8, 4) is 11.5 Å². The topological polar surface area (TPSA) is 54.9 Å². The number of methoxy groups -OCH3 is 2. The minimum absolute atomic E-state index is 0.0122. The number of rotatable bonds is 5. The minimum atomic E-state index is -4.49. The molecular formula is C17H15ClF3N3O2S. The second kappa shape index (κ2) is 8.92. The number of para-hydroxylation sites is 1. The van der Waals surface area contributed by atoms with Crippen molar-refractivity contribution >= 4 is 40.8 Å². The highest BCUT2D eigenvalue weighted by atomic mass is 35.5. The zero-order valence-corrected chi connectivity index (χ0v) is 15.8. The van der Waals surface area contributed by atoms with E-state index in [0.717, 1.165) is 18.2 Å². The molecule has 0 spiro atoms. The second-order valence-electron chi connectivity index (χ2n) is 5.10. The molecule has 0 fully saturated rings. The van der Waals surface area contributed by atoms with Gasteiger partial charge in [0, 0.05) is 5.56 Å². The molecule has 0 aliphatic heterocycles. The number of anilines is 1. The van der Waals surface area contributed by atoms with Crippen LogP contribution in [0.25, 0.3) is 0 Å². The van der Waals surface area contributed by atoms with E-state index in [4.69, 9.17) is 33.3 Å². The number of hydrogen-bond donors (Lipinski definition) is 2. The number of ether oxygens (including phenoxy) is 2. The van der Waals surface area contributed by atoms with Gasteiger partial charge in [-0.25, -0.2) is 0 Å². The molecule has 0 heterocycles. The van der Waals surface area contributed by atoms with Crippen LogP contribution in [-0.4, -0.2) is 25.5 Å². The van der Waals surface area contributed by atoms with E-state index >= 15 is 0 Å². The molecule has 0 aliphatic rings. The molecule has 0 saturated heterocycles. The molecule has 0 radical (unpaired) electrons. The molecule has 0 saturated carbocycles. The Bertz CT molecular complexity index is 860. The number of hydrazone groups is 1. The van der Waals surface area contributed by atoms with Crippen LogP contribution in [-0.2, 0) is 6.18 Å². The summed E-state index contributed by atoms with van der Waals surface area (Å²) in [7, 11) is 3.00. The standard InChI is InChI=1S/C17H15ClF3N3O2S/c1-25-14-5-3-4-10(15(14)26-2)9-22-24-16(27)23-13-8-11(17(19,20)21)6-7-12(13)18/h3-9H,1-2H3,(H2,23,24,27)/b22-9+. The molecule has 2 aromatic rings. The van der Waals surface area contributed by atoms with Crippen LogP contribution in [0.1, 0.15) is 11.1 Å². The van der Waals surface area contributed by atoms with Gasteiger partial charge in [-0.05, 0) is 42.5 Å². The number of thiocarbonyl (C=S) groups is 1. The molecule has 2 N–H and O–H groups in total. The highest BCUT2D eigenvalue weighted by Crippen LogP contribution is 2.33.